The second kappa shape index (κ2) is 4.51. The van der Waals surface area contributed by atoms with Crippen LogP contribution < -0.4 is 5.73 Å². The molecule has 5 heteroatoms. The molecule has 2 bridgehead atoms. The molecule has 0 aromatic carbocycles. The Morgan fingerprint density at radius 1 is 1.38 bits per heavy atom. The molecule has 0 saturated carbocycles. The van der Waals surface area contributed by atoms with Crippen molar-refractivity contribution >= 4 is 11.8 Å². The van der Waals surface area contributed by atoms with Crippen molar-refractivity contribution in [3.05, 3.63) is 0 Å². The molecular weight excluding hydrogens is 208 g/mol. The smallest absolute Gasteiger partial charge is 0.258 e. The number of nitrogens with two attached hydrogens (primary N) is 1. The predicted molar refractivity (Wildman–Crippen MR) is 57.5 cm³/mol. The minimum absolute atomic E-state index is 0.0583. The third-order valence-corrected chi connectivity index (χ3v) is 3.38. The minimum atomic E-state index is -0.394. The maximum Gasteiger partial charge on any atom is 0.258 e. The standard InChI is InChI=1S/C11H18N2O3/c1-2-7(5-6-12)13-10(14)8-3-4-9(16-8)11(13)15/h7-9H,2-6,12H2,1H3. The summed E-state index contributed by atoms with van der Waals surface area (Å²) in [6.45, 7) is 2.46. The number of likely N-dealkylation sites (tertiary alicyclic amines) is 1. The first-order chi connectivity index (χ1) is 7.69. The molecule has 0 radical (unpaired) electrons. The topological polar surface area (TPSA) is 72.6 Å². The first kappa shape index (κ1) is 11.5. The molecule has 90 valence electrons. The van der Waals surface area contributed by atoms with Gasteiger partial charge in [-0.05, 0) is 32.2 Å². The van der Waals surface area contributed by atoms with Crippen LogP contribution >= 0.6 is 0 Å². The zero-order valence-corrected chi connectivity index (χ0v) is 9.52. The second-order valence-corrected chi connectivity index (χ2v) is 4.38. The van der Waals surface area contributed by atoms with E-state index >= 15 is 0 Å². The van der Waals surface area contributed by atoms with Gasteiger partial charge in [-0.1, -0.05) is 6.92 Å². The van der Waals surface area contributed by atoms with Gasteiger partial charge in [0.25, 0.3) is 11.8 Å². The molecule has 3 atom stereocenters. The molecule has 2 aliphatic heterocycles. The number of amides is 2. The molecule has 0 aromatic rings. The lowest BCUT2D eigenvalue weighted by molar-refractivity contribution is -0.171. The number of imide groups is 1. The zero-order chi connectivity index (χ0) is 11.7. The first-order valence-electron chi connectivity index (χ1n) is 5.91. The Hall–Kier alpha value is -0.940. The van der Waals surface area contributed by atoms with Gasteiger partial charge in [-0.2, -0.15) is 0 Å². The molecule has 0 aliphatic carbocycles. The first-order valence-corrected chi connectivity index (χ1v) is 5.91. The third kappa shape index (κ3) is 1.74. The summed E-state index contributed by atoms with van der Waals surface area (Å²) >= 11 is 0. The largest absolute Gasteiger partial charge is 0.355 e. The molecule has 0 spiro atoms. The van der Waals surface area contributed by atoms with Gasteiger partial charge in [-0.25, -0.2) is 0 Å². The highest BCUT2D eigenvalue weighted by Gasteiger charge is 2.48. The summed E-state index contributed by atoms with van der Waals surface area (Å²) in [5.74, 6) is -0.335. The molecule has 5 nitrogen and oxygen atoms in total. The average Bonchev–Trinajstić information content (AvgIpc) is 2.72. The number of morpholine rings is 1. The highest BCUT2D eigenvalue weighted by molar-refractivity contribution is 6.02. The number of carbonyl (C=O) groups excluding carboxylic acids is 2. The number of rotatable bonds is 4. The van der Waals surface area contributed by atoms with Crippen molar-refractivity contribution in [1.82, 2.24) is 4.90 Å². The van der Waals surface area contributed by atoms with E-state index in [0.717, 1.165) is 6.42 Å². The van der Waals surface area contributed by atoms with E-state index in [1.54, 1.807) is 0 Å². The Labute approximate surface area is 94.9 Å². The van der Waals surface area contributed by atoms with Crippen molar-refractivity contribution in [3.63, 3.8) is 0 Å². The second-order valence-electron chi connectivity index (χ2n) is 4.38. The van der Waals surface area contributed by atoms with Crippen molar-refractivity contribution < 1.29 is 14.3 Å². The summed E-state index contributed by atoms with van der Waals surface area (Å²) in [6.07, 6.45) is 1.99. The summed E-state index contributed by atoms with van der Waals surface area (Å²) in [5, 5.41) is 0. The van der Waals surface area contributed by atoms with Crippen LogP contribution in [0, 0.1) is 0 Å². The third-order valence-electron chi connectivity index (χ3n) is 3.38. The van der Waals surface area contributed by atoms with E-state index in [1.165, 1.54) is 4.90 Å². The molecular formula is C11H18N2O3. The number of carbonyl (C=O) groups is 2. The van der Waals surface area contributed by atoms with Crippen molar-refractivity contribution in [2.24, 2.45) is 5.73 Å². The Bertz CT molecular complexity index is 284. The fourth-order valence-corrected chi connectivity index (χ4v) is 2.49. The highest BCUT2D eigenvalue weighted by Crippen LogP contribution is 2.30. The Morgan fingerprint density at radius 2 is 1.94 bits per heavy atom. The van der Waals surface area contributed by atoms with Crippen molar-refractivity contribution in [2.75, 3.05) is 6.54 Å². The summed E-state index contributed by atoms with van der Waals surface area (Å²) in [7, 11) is 0. The lowest BCUT2D eigenvalue weighted by Gasteiger charge is -2.35. The Kier molecular flexibility index (Phi) is 3.25. The lowest BCUT2D eigenvalue weighted by atomic mass is 10.1. The van der Waals surface area contributed by atoms with Gasteiger partial charge in [0.05, 0.1) is 0 Å². The summed E-state index contributed by atoms with van der Waals surface area (Å²) in [5.41, 5.74) is 5.51. The van der Waals surface area contributed by atoms with Crippen LogP contribution in [0.2, 0.25) is 0 Å². The monoisotopic (exact) mass is 226 g/mol. The molecule has 2 heterocycles. The average molecular weight is 226 g/mol. The normalized spacial score (nSPS) is 31.0. The van der Waals surface area contributed by atoms with Gasteiger partial charge in [0.15, 0.2) is 0 Å². The van der Waals surface area contributed by atoms with Crippen LogP contribution in [0.3, 0.4) is 0 Å². The van der Waals surface area contributed by atoms with Crippen LogP contribution in [0.4, 0.5) is 0 Å². The quantitative estimate of drug-likeness (QED) is 0.686. The van der Waals surface area contributed by atoms with Gasteiger partial charge in [0.1, 0.15) is 12.2 Å². The van der Waals surface area contributed by atoms with Crippen molar-refractivity contribution in [2.45, 2.75) is 50.9 Å². The number of fused-ring (bicyclic) bond motifs is 2. The minimum Gasteiger partial charge on any atom is -0.355 e. The van der Waals surface area contributed by atoms with Gasteiger partial charge in [0.2, 0.25) is 0 Å². The van der Waals surface area contributed by atoms with Gasteiger partial charge < -0.3 is 10.5 Å². The Balaban J connectivity index is 2.18. The fourth-order valence-electron chi connectivity index (χ4n) is 2.49. The summed E-state index contributed by atoms with van der Waals surface area (Å²) in [4.78, 5) is 25.4. The van der Waals surface area contributed by atoms with E-state index in [2.05, 4.69) is 0 Å². The molecule has 2 rings (SSSR count). The van der Waals surface area contributed by atoms with Gasteiger partial charge in [-0.15, -0.1) is 0 Å². The lowest BCUT2D eigenvalue weighted by Crippen LogP contribution is -2.56. The number of hydrogen-bond donors (Lipinski definition) is 1. The zero-order valence-electron chi connectivity index (χ0n) is 9.52. The van der Waals surface area contributed by atoms with E-state index in [-0.39, 0.29) is 17.9 Å². The molecule has 2 saturated heterocycles. The summed E-state index contributed by atoms with van der Waals surface area (Å²) in [6, 6.07) is -0.0583. The Morgan fingerprint density at radius 3 is 2.38 bits per heavy atom. The molecule has 0 aromatic heterocycles. The maximum absolute atomic E-state index is 12.0. The SMILES string of the molecule is CCC(CCN)N1C(=O)C2CCC(O2)C1=O. The van der Waals surface area contributed by atoms with E-state index < -0.39 is 12.2 Å². The fraction of sp³-hybridized carbons (Fsp3) is 0.818. The molecule has 2 N–H and O–H groups in total. The molecule has 2 fully saturated rings. The van der Waals surface area contributed by atoms with Crippen LogP contribution in [-0.4, -0.2) is 41.5 Å². The van der Waals surface area contributed by atoms with Crippen LogP contribution in [-0.2, 0) is 14.3 Å². The molecule has 16 heavy (non-hydrogen) atoms. The van der Waals surface area contributed by atoms with Crippen LogP contribution in [0.1, 0.15) is 32.6 Å². The van der Waals surface area contributed by atoms with Crippen molar-refractivity contribution in [3.8, 4) is 0 Å². The number of ether oxygens (including phenoxy) is 1. The molecule has 2 aliphatic rings. The molecule has 3 unspecified atom stereocenters. The summed E-state index contributed by atoms with van der Waals surface area (Å²) < 4.78 is 5.35. The maximum atomic E-state index is 12.0. The molecule has 2 amide bonds. The van der Waals surface area contributed by atoms with Gasteiger partial charge >= 0.3 is 0 Å². The van der Waals surface area contributed by atoms with E-state index in [4.69, 9.17) is 10.5 Å². The van der Waals surface area contributed by atoms with E-state index in [9.17, 15) is 9.59 Å². The number of nitrogens with zero attached hydrogens (tertiary/aromatic N) is 1. The van der Waals surface area contributed by atoms with Crippen LogP contribution in [0.25, 0.3) is 0 Å². The number of hydrogen-bond acceptors (Lipinski definition) is 4. The van der Waals surface area contributed by atoms with Crippen molar-refractivity contribution in [1.29, 1.82) is 0 Å². The van der Waals surface area contributed by atoms with Gasteiger partial charge in [-0.3, -0.25) is 14.5 Å². The van der Waals surface area contributed by atoms with Gasteiger partial charge in [0, 0.05) is 6.04 Å². The van der Waals surface area contributed by atoms with Crippen LogP contribution in [0.15, 0.2) is 0 Å². The highest BCUT2D eigenvalue weighted by atomic mass is 16.5. The predicted octanol–water partition coefficient (Wildman–Crippen LogP) is 0.0302. The van der Waals surface area contributed by atoms with Crippen LogP contribution in [0.5, 0.6) is 0 Å². The van der Waals surface area contributed by atoms with E-state index in [1.807, 2.05) is 6.92 Å². The van der Waals surface area contributed by atoms with E-state index in [0.29, 0.717) is 25.8 Å².